The molecule has 2 aromatic heterocycles. The Morgan fingerprint density at radius 2 is 1.78 bits per heavy atom. The first-order valence-electron chi connectivity index (χ1n) is 9.13. The average Bonchev–Trinajstić information content (AvgIpc) is 3.08. The average molecular weight is 382 g/mol. The second-order valence-electron chi connectivity index (χ2n) is 6.58. The molecule has 7 heteroatoms. The standard InChI is InChI=1S/C20H23N5OS/c1-14-11-20(25-24-14)23-19-13-17(27-16-5-3-2-4-6-16)12-18(22-19)21-15-7-9-26-10-8-15/h2-6,11-13,15H,7-10H2,1H3,(H3,21,22,23,24,25). The third-order valence-corrected chi connectivity index (χ3v) is 5.29. The molecule has 3 N–H and O–H groups in total. The molecule has 6 nitrogen and oxygen atoms in total. The molecular weight excluding hydrogens is 358 g/mol. The van der Waals surface area contributed by atoms with Crippen molar-refractivity contribution in [3.05, 3.63) is 54.2 Å². The van der Waals surface area contributed by atoms with Crippen molar-refractivity contribution < 1.29 is 4.74 Å². The van der Waals surface area contributed by atoms with Crippen LogP contribution in [-0.4, -0.2) is 34.4 Å². The number of ether oxygens (including phenoxy) is 1. The molecule has 0 saturated carbocycles. The summed E-state index contributed by atoms with van der Waals surface area (Å²) in [5, 5.41) is 14.1. The minimum absolute atomic E-state index is 0.392. The van der Waals surface area contributed by atoms with Crippen LogP contribution in [0.15, 0.2) is 58.3 Å². The first-order chi connectivity index (χ1) is 13.2. The van der Waals surface area contributed by atoms with E-state index in [-0.39, 0.29) is 0 Å². The van der Waals surface area contributed by atoms with Gasteiger partial charge in [0.1, 0.15) is 11.6 Å². The summed E-state index contributed by atoms with van der Waals surface area (Å²) in [5.74, 6) is 2.41. The molecule has 27 heavy (non-hydrogen) atoms. The molecule has 0 spiro atoms. The fraction of sp³-hybridized carbons (Fsp3) is 0.300. The van der Waals surface area contributed by atoms with Gasteiger partial charge in [-0.1, -0.05) is 30.0 Å². The number of aryl methyl sites for hydroxylation is 1. The van der Waals surface area contributed by atoms with Gasteiger partial charge in [0.25, 0.3) is 0 Å². The van der Waals surface area contributed by atoms with E-state index in [1.807, 2.05) is 19.1 Å². The Kier molecular flexibility index (Phi) is 5.60. The van der Waals surface area contributed by atoms with Crippen LogP contribution in [0.3, 0.4) is 0 Å². The highest BCUT2D eigenvalue weighted by Crippen LogP contribution is 2.31. The molecule has 0 unspecified atom stereocenters. The highest BCUT2D eigenvalue weighted by Gasteiger charge is 2.15. The van der Waals surface area contributed by atoms with Gasteiger partial charge in [0, 0.05) is 40.8 Å². The molecule has 0 atom stereocenters. The van der Waals surface area contributed by atoms with Crippen molar-refractivity contribution in [3.63, 3.8) is 0 Å². The summed E-state index contributed by atoms with van der Waals surface area (Å²) in [5.41, 5.74) is 1.01. The van der Waals surface area contributed by atoms with Crippen molar-refractivity contribution in [2.24, 2.45) is 0 Å². The number of hydrogen-bond donors (Lipinski definition) is 3. The van der Waals surface area contributed by atoms with Gasteiger partial charge in [-0.15, -0.1) is 0 Å². The van der Waals surface area contributed by atoms with E-state index in [2.05, 4.69) is 57.2 Å². The molecule has 1 aromatic carbocycles. The van der Waals surface area contributed by atoms with E-state index in [1.54, 1.807) is 11.8 Å². The zero-order valence-corrected chi connectivity index (χ0v) is 16.1. The van der Waals surface area contributed by atoms with Crippen LogP contribution in [0.4, 0.5) is 17.5 Å². The van der Waals surface area contributed by atoms with E-state index >= 15 is 0 Å². The maximum atomic E-state index is 5.46. The van der Waals surface area contributed by atoms with Gasteiger partial charge < -0.3 is 15.4 Å². The van der Waals surface area contributed by atoms with E-state index in [0.29, 0.717) is 6.04 Å². The maximum Gasteiger partial charge on any atom is 0.153 e. The summed E-state index contributed by atoms with van der Waals surface area (Å²) >= 11 is 1.72. The lowest BCUT2D eigenvalue weighted by Crippen LogP contribution is -2.28. The number of aromatic amines is 1. The molecular formula is C20H23N5OS. The van der Waals surface area contributed by atoms with Crippen molar-refractivity contribution in [3.8, 4) is 0 Å². The van der Waals surface area contributed by atoms with Crippen LogP contribution in [0.2, 0.25) is 0 Å². The molecule has 1 saturated heterocycles. The number of anilines is 3. The fourth-order valence-corrected chi connectivity index (χ4v) is 3.90. The van der Waals surface area contributed by atoms with E-state index in [9.17, 15) is 0 Å². The van der Waals surface area contributed by atoms with Gasteiger partial charge in [0.2, 0.25) is 0 Å². The van der Waals surface area contributed by atoms with E-state index in [4.69, 9.17) is 9.72 Å². The van der Waals surface area contributed by atoms with Crippen LogP contribution < -0.4 is 10.6 Å². The third-order valence-electron chi connectivity index (χ3n) is 4.31. The van der Waals surface area contributed by atoms with Crippen LogP contribution in [0.1, 0.15) is 18.5 Å². The number of benzene rings is 1. The second kappa shape index (κ2) is 8.45. The number of aromatic nitrogens is 3. The fourth-order valence-electron chi connectivity index (χ4n) is 2.99. The first kappa shape index (κ1) is 17.9. The van der Waals surface area contributed by atoms with Gasteiger partial charge in [0.15, 0.2) is 5.82 Å². The molecule has 1 fully saturated rings. The third kappa shape index (κ3) is 5.02. The van der Waals surface area contributed by atoms with Crippen molar-refractivity contribution in [1.82, 2.24) is 15.2 Å². The smallest absolute Gasteiger partial charge is 0.153 e. The van der Waals surface area contributed by atoms with Crippen LogP contribution in [0.25, 0.3) is 0 Å². The molecule has 140 valence electrons. The summed E-state index contributed by atoms with van der Waals surface area (Å²) in [4.78, 5) is 7.07. The summed E-state index contributed by atoms with van der Waals surface area (Å²) < 4.78 is 5.46. The topological polar surface area (TPSA) is 74.9 Å². The van der Waals surface area contributed by atoms with E-state index in [1.165, 1.54) is 4.90 Å². The minimum Gasteiger partial charge on any atom is -0.381 e. The number of rotatable bonds is 6. The van der Waals surface area contributed by atoms with Crippen molar-refractivity contribution in [1.29, 1.82) is 0 Å². The van der Waals surface area contributed by atoms with Crippen LogP contribution in [0, 0.1) is 6.92 Å². The lowest BCUT2D eigenvalue weighted by molar-refractivity contribution is 0.0904. The molecule has 3 heterocycles. The molecule has 1 aliphatic rings. The van der Waals surface area contributed by atoms with Crippen LogP contribution >= 0.6 is 11.8 Å². The molecule has 0 bridgehead atoms. The minimum atomic E-state index is 0.392. The Hall–Kier alpha value is -2.51. The summed E-state index contributed by atoms with van der Waals surface area (Å²) in [6.07, 6.45) is 2.00. The van der Waals surface area contributed by atoms with Crippen LogP contribution in [0.5, 0.6) is 0 Å². The maximum absolute atomic E-state index is 5.46. The Labute approximate surface area is 163 Å². The van der Waals surface area contributed by atoms with Gasteiger partial charge >= 0.3 is 0 Å². The Morgan fingerprint density at radius 3 is 2.52 bits per heavy atom. The molecule has 3 aromatic rings. The lowest BCUT2D eigenvalue weighted by Gasteiger charge is -2.24. The summed E-state index contributed by atoms with van der Waals surface area (Å²) in [7, 11) is 0. The zero-order valence-electron chi connectivity index (χ0n) is 15.2. The van der Waals surface area contributed by atoms with E-state index < -0.39 is 0 Å². The predicted molar refractivity (Wildman–Crippen MR) is 109 cm³/mol. The Bertz CT molecular complexity index is 877. The van der Waals surface area contributed by atoms with E-state index in [0.717, 1.165) is 54.1 Å². The number of pyridine rings is 1. The highest BCUT2D eigenvalue weighted by molar-refractivity contribution is 7.99. The van der Waals surface area contributed by atoms with Crippen molar-refractivity contribution in [2.75, 3.05) is 23.8 Å². The Morgan fingerprint density at radius 1 is 1.00 bits per heavy atom. The molecule has 0 amide bonds. The van der Waals surface area contributed by atoms with Crippen molar-refractivity contribution >= 4 is 29.2 Å². The summed E-state index contributed by atoms with van der Waals surface area (Å²) in [6.45, 7) is 3.58. The Balaban J connectivity index is 1.58. The zero-order chi connectivity index (χ0) is 18.5. The first-order valence-corrected chi connectivity index (χ1v) is 9.94. The molecule has 1 aliphatic heterocycles. The summed E-state index contributed by atoms with van der Waals surface area (Å²) in [6, 6.07) is 16.9. The number of hydrogen-bond acceptors (Lipinski definition) is 6. The van der Waals surface area contributed by atoms with Crippen LogP contribution in [-0.2, 0) is 4.74 Å². The predicted octanol–water partition coefficient (Wildman–Crippen LogP) is 4.60. The molecule has 0 radical (unpaired) electrons. The SMILES string of the molecule is Cc1cc(Nc2cc(Sc3ccccc3)cc(NC3CCOCC3)n2)n[nH]1. The van der Waals surface area contributed by atoms with Gasteiger partial charge in [-0.2, -0.15) is 5.10 Å². The van der Waals surface area contributed by atoms with Crippen molar-refractivity contribution in [2.45, 2.75) is 35.6 Å². The lowest BCUT2D eigenvalue weighted by atomic mass is 10.1. The number of nitrogens with one attached hydrogen (secondary N) is 3. The van der Waals surface area contributed by atoms with Gasteiger partial charge in [-0.3, -0.25) is 5.10 Å². The van der Waals surface area contributed by atoms with Gasteiger partial charge in [-0.05, 0) is 44.0 Å². The monoisotopic (exact) mass is 381 g/mol. The molecule has 4 rings (SSSR count). The quantitative estimate of drug-likeness (QED) is 0.579. The number of nitrogens with zero attached hydrogens (tertiary/aromatic N) is 2. The highest BCUT2D eigenvalue weighted by atomic mass is 32.2. The largest absolute Gasteiger partial charge is 0.381 e. The van der Waals surface area contributed by atoms with Gasteiger partial charge in [-0.25, -0.2) is 4.98 Å². The molecule has 0 aliphatic carbocycles. The second-order valence-corrected chi connectivity index (χ2v) is 7.73. The van der Waals surface area contributed by atoms with Gasteiger partial charge in [0.05, 0.1) is 0 Å². The number of H-pyrrole nitrogens is 1. The normalized spacial score (nSPS) is 14.9.